The molecule has 0 spiro atoms. The van der Waals surface area contributed by atoms with Crippen LogP contribution in [-0.2, 0) is 13.1 Å². The summed E-state index contributed by atoms with van der Waals surface area (Å²) in [6, 6.07) is 9.79. The van der Waals surface area contributed by atoms with E-state index in [0.717, 1.165) is 18.4 Å². The third kappa shape index (κ3) is 3.79. The molecule has 0 unspecified atom stereocenters. The summed E-state index contributed by atoms with van der Waals surface area (Å²) < 4.78 is 2.01. The van der Waals surface area contributed by atoms with E-state index in [4.69, 9.17) is 0 Å². The predicted octanol–water partition coefficient (Wildman–Crippen LogP) is 3.29. The first-order valence-electron chi connectivity index (χ1n) is 5.44. The van der Waals surface area contributed by atoms with Crippen LogP contribution in [0.1, 0.15) is 11.3 Å². The lowest BCUT2D eigenvalue weighted by molar-refractivity contribution is 0.460. The summed E-state index contributed by atoms with van der Waals surface area (Å²) in [6.07, 6.45) is 1.78. The SMILES string of the molecule is Oc1c(I)cc(I)cc1CNCc1ccccn1. The predicted molar refractivity (Wildman–Crippen MR) is 88.3 cm³/mol. The summed E-state index contributed by atoms with van der Waals surface area (Å²) in [6.45, 7) is 1.33. The van der Waals surface area contributed by atoms with Gasteiger partial charge in [0.05, 0.1) is 9.26 Å². The van der Waals surface area contributed by atoms with Crippen LogP contribution in [-0.4, -0.2) is 10.1 Å². The Morgan fingerprint density at radius 2 is 2.00 bits per heavy atom. The lowest BCUT2D eigenvalue weighted by Crippen LogP contribution is -2.14. The van der Waals surface area contributed by atoms with Crippen LogP contribution < -0.4 is 5.32 Å². The van der Waals surface area contributed by atoms with Crippen molar-refractivity contribution in [2.45, 2.75) is 13.1 Å². The molecule has 0 saturated heterocycles. The molecule has 1 heterocycles. The lowest BCUT2D eigenvalue weighted by Gasteiger charge is -2.09. The average molecular weight is 466 g/mol. The van der Waals surface area contributed by atoms with E-state index in [1.165, 1.54) is 0 Å². The summed E-state index contributed by atoms with van der Waals surface area (Å²) in [5, 5.41) is 13.2. The number of halogens is 2. The molecule has 0 fully saturated rings. The number of aromatic hydroxyl groups is 1. The second kappa shape index (κ2) is 6.67. The van der Waals surface area contributed by atoms with Gasteiger partial charge in [0.1, 0.15) is 5.75 Å². The second-order valence-corrected chi connectivity index (χ2v) is 6.23. The van der Waals surface area contributed by atoms with Crippen molar-refractivity contribution in [2.75, 3.05) is 0 Å². The Balaban J connectivity index is 1.99. The summed E-state index contributed by atoms with van der Waals surface area (Å²) in [7, 11) is 0. The van der Waals surface area contributed by atoms with Gasteiger partial charge in [0, 0.05) is 28.4 Å². The maximum atomic E-state index is 9.95. The van der Waals surface area contributed by atoms with E-state index in [1.54, 1.807) is 6.20 Å². The average Bonchev–Trinajstić information content (AvgIpc) is 2.36. The van der Waals surface area contributed by atoms with Gasteiger partial charge in [0.25, 0.3) is 0 Å². The fourth-order valence-corrected chi connectivity index (χ4v) is 3.55. The number of phenols is 1. The highest BCUT2D eigenvalue weighted by atomic mass is 127. The number of phenolic OH excluding ortho intramolecular Hbond substituents is 1. The molecule has 3 nitrogen and oxygen atoms in total. The number of pyridine rings is 1. The maximum Gasteiger partial charge on any atom is 0.133 e. The Hall–Kier alpha value is -0.410. The Morgan fingerprint density at radius 3 is 2.72 bits per heavy atom. The van der Waals surface area contributed by atoms with Crippen LogP contribution in [0, 0.1) is 7.14 Å². The molecule has 0 aliphatic heterocycles. The summed E-state index contributed by atoms with van der Waals surface area (Å²) in [4.78, 5) is 4.24. The third-order valence-corrected chi connectivity index (χ3v) is 3.90. The van der Waals surface area contributed by atoms with Crippen LogP contribution in [0.5, 0.6) is 5.75 Å². The van der Waals surface area contributed by atoms with Crippen molar-refractivity contribution >= 4 is 45.2 Å². The van der Waals surface area contributed by atoms with Crippen molar-refractivity contribution < 1.29 is 5.11 Å². The molecular weight excluding hydrogens is 454 g/mol. The van der Waals surface area contributed by atoms with Crippen molar-refractivity contribution in [1.29, 1.82) is 0 Å². The molecule has 94 valence electrons. The number of benzene rings is 1. The molecule has 2 N–H and O–H groups in total. The minimum Gasteiger partial charge on any atom is -0.507 e. The van der Waals surface area contributed by atoms with Crippen LogP contribution in [0.3, 0.4) is 0 Å². The number of rotatable bonds is 4. The van der Waals surface area contributed by atoms with Gasteiger partial charge in [-0.25, -0.2) is 0 Å². The zero-order chi connectivity index (χ0) is 13.0. The van der Waals surface area contributed by atoms with Gasteiger partial charge in [-0.3, -0.25) is 4.98 Å². The zero-order valence-electron chi connectivity index (χ0n) is 9.53. The highest BCUT2D eigenvalue weighted by Crippen LogP contribution is 2.26. The molecule has 0 aliphatic rings. The van der Waals surface area contributed by atoms with Gasteiger partial charge >= 0.3 is 0 Å². The largest absolute Gasteiger partial charge is 0.507 e. The molecule has 0 bridgehead atoms. The number of nitrogens with zero attached hydrogens (tertiary/aromatic N) is 1. The van der Waals surface area contributed by atoms with E-state index in [0.29, 0.717) is 18.8 Å². The minimum absolute atomic E-state index is 0.365. The van der Waals surface area contributed by atoms with Crippen molar-refractivity contribution in [1.82, 2.24) is 10.3 Å². The smallest absolute Gasteiger partial charge is 0.133 e. The monoisotopic (exact) mass is 466 g/mol. The molecule has 5 heteroatoms. The number of aromatic nitrogens is 1. The molecule has 1 aromatic heterocycles. The number of nitrogens with one attached hydrogen (secondary N) is 1. The first-order chi connectivity index (χ1) is 8.66. The van der Waals surface area contributed by atoms with Crippen LogP contribution in [0.4, 0.5) is 0 Å². The summed E-state index contributed by atoms with van der Waals surface area (Å²) in [5.74, 6) is 0.365. The zero-order valence-corrected chi connectivity index (χ0v) is 13.8. The van der Waals surface area contributed by atoms with E-state index >= 15 is 0 Å². The fourth-order valence-electron chi connectivity index (χ4n) is 1.58. The first-order valence-corrected chi connectivity index (χ1v) is 7.60. The minimum atomic E-state index is 0.365. The standard InChI is InChI=1S/C13H12I2N2O/c14-10-5-9(13(18)12(15)6-10)7-16-8-11-3-1-2-4-17-11/h1-6,16,18H,7-8H2. The van der Waals surface area contributed by atoms with Crippen LogP contribution in [0.2, 0.25) is 0 Å². The number of hydrogen-bond acceptors (Lipinski definition) is 3. The van der Waals surface area contributed by atoms with Gasteiger partial charge < -0.3 is 10.4 Å². The Morgan fingerprint density at radius 1 is 1.17 bits per heavy atom. The van der Waals surface area contributed by atoms with Crippen molar-refractivity contribution in [3.05, 3.63) is 54.9 Å². The Bertz CT molecular complexity index is 532. The molecule has 0 amide bonds. The molecule has 0 saturated carbocycles. The van der Waals surface area contributed by atoms with E-state index < -0.39 is 0 Å². The molecule has 0 radical (unpaired) electrons. The van der Waals surface area contributed by atoms with E-state index in [-0.39, 0.29) is 0 Å². The van der Waals surface area contributed by atoms with Gasteiger partial charge in [-0.15, -0.1) is 0 Å². The second-order valence-electron chi connectivity index (χ2n) is 3.82. The topological polar surface area (TPSA) is 45.1 Å². The van der Waals surface area contributed by atoms with Gasteiger partial charge in [0.2, 0.25) is 0 Å². The van der Waals surface area contributed by atoms with Crippen LogP contribution in [0.15, 0.2) is 36.5 Å². The van der Waals surface area contributed by atoms with Gasteiger partial charge in [-0.05, 0) is 69.4 Å². The Kier molecular flexibility index (Phi) is 5.19. The van der Waals surface area contributed by atoms with Crippen molar-refractivity contribution in [2.24, 2.45) is 0 Å². The molecule has 2 rings (SSSR count). The van der Waals surface area contributed by atoms with E-state index in [1.807, 2.05) is 30.3 Å². The molecule has 0 atom stereocenters. The fraction of sp³-hybridized carbons (Fsp3) is 0.154. The van der Waals surface area contributed by atoms with Gasteiger partial charge in [0.15, 0.2) is 0 Å². The summed E-state index contributed by atoms with van der Waals surface area (Å²) >= 11 is 4.40. The molecule has 1 aromatic carbocycles. The van der Waals surface area contributed by atoms with E-state index in [2.05, 4.69) is 55.5 Å². The first kappa shape index (κ1) is 14.0. The molecule has 0 aliphatic carbocycles. The lowest BCUT2D eigenvalue weighted by atomic mass is 10.2. The van der Waals surface area contributed by atoms with Crippen molar-refractivity contribution in [3.8, 4) is 5.75 Å². The van der Waals surface area contributed by atoms with E-state index in [9.17, 15) is 5.11 Å². The molecule has 2 aromatic rings. The normalized spacial score (nSPS) is 10.6. The highest BCUT2D eigenvalue weighted by molar-refractivity contribution is 14.1. The van der Waals surface area contributed by atoms with Crippen LogP contribution in [0.25, 0.3) is 0 Å². The maximum absolute atomic E-state index is 9.95. The quantitative estimate of drug-likeness (QED) is 0.681. The molecular formula is C13H12I2N2O. The van der Waals surface area contributed by atoms with Crippen LogP contribution >= 0.6 is 45.2 Å². The van der Waals surface area contributed by atoms with Gasteiger partial charge in [-0.2, -0.15) is 0 Å². The highest BCUT2D eigenvalue weighted by Gasteiger charge is 2.06. The Labute approximate surface area is 133 Å². The molecule has 18 heavy (non-hydrogen) atoms. The summed E-state index contributed by atoms with van der Waals surface area (Å²) in [5.41, 5.74) is 1.92. The third-order valence-electron chi connectivity index (χ3n) is 2.45. The van der Waals surface area contributed by atoms with Gasteiger partial charge in [-0.1, -0.05) is 6.07 Å². The number of hydrogen-bond donors (Lipinski definition) is 2. The van der Waals surface area contributed by atoms with Crippen molar-refractivity contribution in [3.63, 3.8) is 0 Å².